The van der Waals surface area contributed by atoms with Crippen molar-refractivity contribution in [2.45, 2.75) is 43.4 Å². The van der Waals surface area contributed by atoms with Crippen LogP contribution in [0.25, 0.3) is 0 Å². The minimum absolute atomic E-state index is 0.154. The number of hydrogen-bond donors (Lipinski definition) is 0. The van der Waals surface area contributed by atoms with E-state index in [1.54, 1.807) is 11.9 Å². The topological polar surface area (TPSA) is 57.5 Å². The quantitative estimate of drug-likeness (QED) is 0.779. The molecule has 4 unspecified atom stereocenters. The van der Waals surface area contributed by atoms with Gasteiger partial charge in [-0.25, -0.2) is 4.79 Å². The van der Waals surface area contributed by atoms with Crippen molar-refractivity contribution in [3.63, 3.8) is 0 Å². The number of ether oxygens (including phenoxy) is 1. The van der Waals surface area contributed by atoms with Crippen LogP contribution in [0.3, 0.4) is 0 Å². The molecule has 1 aromatic rings. The van der Waals surface area contributed by atoms with E-state index in [9.17, 15) is 4.79 Å². The van der Waals surface area contributed by atoms with Gasteiger partial charge in [-0.05, 0) is 25.0 Å². The van der Waals surface area contributed by atoms with Gasteiger partial charge in [0.05, 0.1) is 19.1 Å². The molecular formula is C19H22N4O2. The fourth-order valence-corrected chi connectivity index (χ4v) is 5.11. The standard InChI is InChI=1S/C19H22N4O2/c1-11-8-15-13-6-4-5-7-14(13)16(11)17-19(15,2)20-21-23(17)10-12-9-22(3)18(24)25-12/h4-8,12,15-17H,9-10H2,1-3H3/t12-,15?,16?,17?,19?/m1/s1. The van der Waals surface area contributed by atoms with Crippen molar-refractivity contribution in [2.24, 2.45) is 10.3 Å². The Hall–Kier alpha value is -2.37. The van der Waals surface area contributed by atoms with Gasteiger partial charge in [0.1, 0.15) is 11.6 Å². The molecule has 2 aliphatic heterocycles. The van der Waals surface area contributed by atoms with Crippen LogP contribution in [0.15, 0.2) is 46.3 Å². The normalized spacial score (nSPS) is 37.9. The highest BCUT2D eigenvalue weighted by Crippen LogP contribution is 2.58. The molecule has 5 atom stereocenters. The molecule has 1 fully saturated rings. The van der Waals surface area contributed by atoms with Crippen molar-refractivity contribution < 1.29 is 9.53 Å². The van der Waals surface area contributed by atoms with E-state index in [1.807, 2.05) is 0 Å². The first-order valence-corrected chi connectivity index (χ1v) is 8.87. The van der Waals surface area contributed by atoms with Gasteiger partial charge in [-0.15, -0.1) is 0 Å². The Morgan fingerprint density at radius 3 is 2.80 bits per heavy atom. The Kier molecular flexibility index (Phi) is 2.89. The minimum atomic E-state index is -0.257. The highest BCUT2D eigenvalue weighted by Gasteiger charge is 2.59. The van der Waals surface area contributed by atoms with E-state index < -0.39 is 0 Å². The lowest BCUT2D eigenvalue weighted by Gasteiger charge is -2.51. The van der Waals surface area contributed by atoms with Crippen LogP contribution in [0.4, 0.5) is 4.79 Å². The molecule has 6 heteroatoms. The largest absolute Gasteiger partial charge is 0.442 e. The minimum Gasteiger partial charge on any atom is -0.442 e. The number of likely N-dealkylation sites (N-methyl/N-ethyl adjacent to an activating group) is 1. The van der Waals surface area contributed by atoms with E-state index in [1.165, 1.54) is 16.7 Å². The SMILES string of the molecule is CC1=CC2c3ccccc3C1C1N(C[C@H]3CN(C)C(=O)O3)N=NC21C. The Morgan fingerprint density at radius 2 is 2.08 bits per heavy atom. The lowest BCUT2D eigenvalue weighted by Crippen LogP contribution is -2.57. The van der Waals surface area contributed by atoms with Crippen molar-refractivity contribution in [3.8, 4) is 0 Å². The van der Waals surface area contributed by atoms with Crippen molar-refractivity contribution in [1.29, 1.82) is 0 Å². The highest BCUT2D eigenvalue weighted by molar-refractivity contribution is 5.69. The highest BCUT2D eigenvalue weighted by atomic mass is 16.6. The van der Waals surface area contributed by atoms with Crippen LogP contribution in [0.1, 0.15) is 36.8 Å². The van der Waals surface area contributed by atoms with Gasteiger partial charge >= 0.3 is 6.09 Å². The molecule has 6 rings (SSSR count). The summed E-state index contributed by atoms with van der Waals surface area (Å²) in [4.78, 5) is 13.3. The third kappa shape index (κ3) is 1.88. The van der Waals surface area contributed by atoms with Crippen LogP contribution in [0.2, 0.25) is 0 Å². The van der Waals surface area contributed by atoms with Gasteiger partial charge in [-0.3, -0.25) is 5.01 Å². The van der Waals surface area contributed by atoms with E-state index in [-0.39, 0.29) is 35.6 Å². The molecule has 1 amide bonds. The molecule has 130 valence electrons. The molecule has 0 spiro atoms. The molecule has 2 heterocycles. The maximum Gasteiger partial charge on any atom is 0.410 e. The summed E-state index contributed by atoms with van der Waals surface area (Å²) < 4.78 is 5.45. The predicted octanol–water partition coefficient (Wildman–Crippen LogP) is 3.09. The molecule has 2 bridgehead atoms. The molecular weight excluding hydrogens is 316 g/mol. The molecule has 1 saturated heterocycles. The van der Waals surface area contributed by atoms with Crippen LogP contribution in [-0.2, 0) is 4.74 Å². The Morgan fingerprint density at radius 1 is 1.32 bits per heavy atom. The van der Waals surface area contributed by atoms with Crippen LogP contribution >= 0.6 is 0 Å². The summed E-state index contributed by atoms with van der Waals surface area (Å²) in [5.41, 5.74) is 3.91. The maximum atomic E-state index is 11.7. The fraction of sp³-hybridized carbons (Fsp3) is 0.526. The summed E-state index contributed by atoms with van der Waals surface area (Å²) in [6, 6.07) is 8.87. The van der Waals surface area contributed by atoms with Crippen LogP contribution in [0.5, 0.6) is 0 Å². The molecule has 0 N–H and O–H groups in total. The van der Waals surface area contributed by atoms with Gasteiger partial charge < -0.3 is 9.64 Å². The molecule has 6 nitrogen and oxygen atoms in total. The van der Waals surface area contributed by atoms with E-state index in [2.05, 4.69) is 54.4 Å². The average Bonchev–Trinajstić information content (AvgIpc) is 3.09. The zero-order chi connectivity index (χ0) is 17.3. The summed E-state index contributed by atoms with van der Waals surface area (Å²) in [6.45, 7) is 5.63. The molecule has 25 heavy (non-hydrogen) atoms. The summed E-state index contributed by atoms with van der Waals surface area (Å²) >= 11 is 0. The number of rotatable bonds is 2. The van der Waals surface area contributed by atoms with Gasteiger partial charge in [0.2, 0.25) is 0 Å². The van der Waals surface area contributed by atoms with Crippen molar-refractivity contribution in [2.75, 3.05) is 20.1 Å². The van der Waals surface area contributed by atoms with Gasteiger partial charge in [-0.2, -0.15) is 5.11 Å². The number of hydrogen-bond acceptors (Lipinski definition) is 5. The van der Waals surface area contributed by atoms with E-state index in [0.29, 0.717) is 13.1 Å². The molecule has 0 aromatic heterocycles. The Balaban J connectivity index is 1.51. The molecule has 0 radical (unpaired) electrons. The smallest absolute Gasteiger partial charge is 0.410 e. The van der Waals surface area contributed by atoms with Gasteiger partial charge in [0.25, 0.3) is 0 Å². The first kappa shape index (κ1) is 14.9. The van der Waals surface area contributed by atoms with E-state index in [4.69, 9.17) is 9.85 Å². The zero-order valence-corrected chi connectivity index (χ0v) is 14.7. The van der Waals surface area contributed by atoms with Crippen molar-refractivity contribution in [3.05, 3.63) is 47.0 Å². The first-order valence-electron chi connectivity index (χ1n) is 8.87. The number of amides is 1. The van der Waals surface area contributed by atoms with Crippen LogP contribution in [0, 0.1) is 0 Å². The van der Waals surface area contributed by atoms with Gasteiger partial charge in [-0.1, -0.05) is 41.1 Å². The predicted molar refractivity (Wildman–Crippen MR) is 92.3 cm³/mol. The number of benzene rings is 1. The number of carbonyl (C=O) groups excluding carboxylic acids is 1. The van der Waals surface area contributed by atoms with Gasteiger partial charge in [0, 0.05) is 18.9 Å². The second-order valence-corrected chi connectivity index (χ2v) is 7.86. The van der Waals surface area contributed by atoms with Crippen LogP contribution < -0.4 is 0 Å². The summed E-state index contributed by atoms with van der Waals surface area (Å²) in [5, 5.41) is 11.3. The lowest BCUT2D eigenvalue weighted by molar-refractivity contribution is 0.0747. The summed E-state index contributed by atoms with van der Waals surface area (Å²) in [6.07, 6.45) is 1.96. The second-order valence-electron chi connectivity index (χ2n) is 7.86. The molecule has 3 aliphatic carbocycles. The third-order valence-corrected chi connectivity index (χ3v) is 6.27. The Labute approximate surface area is 147 Å². The third-order valence-electron chi connectivity index (χ3n) is 6.27. The first-order chi connectivity index (χ1) is 12.0. The van der Waals surface area contributed by atoms with Gasteiger partial charge in [0.15, 0.2) is 0 Å². The zero-order valence-electron chi connectivity index (χ0n) is 14.7. The van der Waals surface area contributed by atoms with Crippen molar-refractivity contribution in [1.82, 2.24) is 9.91 Å². The lowest BCUT2D eigenvalue weighted by atomic mass is 9.57. The van der Waals surface area contributed by atoms with E-state index >= 15 is 0 Å². The summed E-state index contributed by atoms with van der Waals surface area (Å²) in [5.74, 6) is 0.539. The monoisotopic (exact) mass is 338 g/mol. The fourth-order valence-electron chi connectivity index (χ4n) is 5.11. The maximum absolute atomic E-state index is 11.7. The Bertz CT molecular complexity index is 819. The number of nitrogens with zero attached hydrogens (tertiary/aromatic N) is 4. The van der Waals surface area contributed by atoms with Crippen molar-refractivity contribution >= 4 is 6.09 Å². The van der Waals surface area contributed by atoms with Crippen LogP contribution in [-0.4, -0.2) is 53.8 Å². The summed E-state index contributed by atoms with van der Waals surface area (Å²) in [7, 11) is 1.77. The molecule has 5 aliphatic rings. The average molecular weight is 338 g/mol. The second kappa shape index (κ2) is 4.84. The molecule has 1 aromatic carbocycles. The molecule has 0 saturated carbocycles. The number of cyclic esters (lactones) is 1. The number of carbonyl (C=O) groups is 1. The van der Waals surface area contributed by atoms with E-state index in [0.717, 1.165) is 0 Å².